The van der Waals surface area contributed by atoms with Crippen molar-refractivity contribution in [2.45, 2.75) is 77.6 Å². The number of hydrogen-bond donors (Lipinski definition) is 1. The smallest absolute Gasteiger partial charge is 0.303 e. The Hall–Kier alpha value is -1.57. The van der Waals surface area contributed by atoms with E-state index in [2.05, 4.69) is 55.5 Å². The van der Waals surface area contributed by atoms with Crippen molar-refractivity contribution in [3.8, 4) is 0 Å². The van der Waals surface area contributed by atoms with E-state index in [1.165, 1.54) is 38.5 Å². The normalized spacial score (nSPS) is 16.9. The van der Waals surface area contributed by atoms with E-state index >= 15 is 0 Å². The highest BCUT2D eigenvalue weighted by atomic mass is 16.4. The van der Waals surface area contributed by atoms with Crippen molar-refractivity contribution in [2.24, 2.45) is 5.41 Å². The highest BCUT2D eigenvalue weighted by Crippen LogP contribution is 2.48. The molecule has 0 aromatic carbocycles. The van der Waals surface area contributed by atoms with Crippen molar-refractivity contribution in [2.75, 3.05) is 0 Å². The summed E-state index contributed by atoms with van der Waals surface area (Å²) < 4.78 is 0. The number of hydrogen-bond acceptors (Lipinski definition) is 1. The number of allylic oxidation sites excluding steroid dienone is 8. The second kappa shape index (κ2) is 12.8. The molecule has 0 aromatic rings. The summed E-state index contributed by atoms with van der Waals surface area (Å²) in [6.07, 6.45) is 29.6. The molecule has 0 bridgehead atoms. The van der Waals surface area contributed by atoms with Gasteiger partial charge in [-0.2, -0.15) is 0 Å². The average molecular weight is 331 g/mol. The van der Waals surface area contributed by atoms with Crippen LogP contribution in [0.1, 0.15) is 77.6 Å². The second-order valence-corrected chi connectivity index (χ2v) is 6.73. The fourth-order valence-corrected chi connectivity index (χ4v) is 2.60. The number of aliphatic carboxylic acids is 1. The van der Waals surface area contributed by atoms with Gasteiger partial charge in [0.15, 0.2) is 0 Å². The van der Waals surface area contributed by atoms with Crippen LogP contribution in [-0.4, -0.2) is 11.1 Å². The Labute approximate surface area is 148 Å². The summed E-state index contributed by atoms with van der Waals surface area (Å²) in [4.78, 5) is 10.4. The molecule has 2 nitrogen and oxygen atoms in total. The highest BCUT2D eigenvalue weighted by Gasteiger charge is 2.36. The van der Waals surface area contributed by atoms with Crippen LogP contribution in [0.5, 0.6) is 0 Å². The van der Waals surface area contributed by atoms with E-state index in [4.69, 9.17) is 5.11 Å². The number of carboxylic acids is 1. The van der Waals surface area contributed by atoms with Crippen molar-refractivity contribution in [3.63, 3.8) is 0 Å². The van der Waals surface area contributed by atoms with Crippen molar-refractivity contribution in [3.05, 3.63) is 48.6 Å². The van der Waals surface area contributed by atoms with Crippen LogP contribution in [0.2, 0.25) is 0 Å². The quantitative estimate of drug-likeness (QED) is 0.287. The molecular formula is C22H34O2. The predicted molar refractivity (Wildman–Crippen MR) is 103 cm³/mol. The first kappa shape index (κ1) is 20.5. The molecule has 1 aliphatic carbocycles. The van der Waals surface area contributed by atoms with E-state index in [1.807, 2.05) is 0 Å². The minimum atomic E-state index is -0.709. The van der Waals surface area contributed by atoms with E-state index in [1.54, 1.807) is 0 Å². The summed E-state index contributed by atoms with van der Waals surface area (Å²) in [7, 11) is 0. The lowest BCUT2D eigenvalue weighted by Gasteiger charge is -2.01. The van der Waals surface area contributed by atoms with E-state index in [-0.39, 0.29) is 6.42 Å². The predicted octanol–water partition coefficient (Wildman–Crippen LogP) is 6.61. The van der Waals surface area contributed by atoms with Gasteiger partial charge >= 0.3 is 5.97 Å². The minimum absolute atomic E-state index is 0.264. The number of rotatable bonds is 14. The lowest BCUT2D eigenvalue weighted by molar-refractivity contribution is -0.137. The van der Waals surface area contributed by atoms with Gasteiger partial charge in [-0.05, 0) is 51.4 Å². The summed E-state index contributed by atoms with van der Waals surface area (Å²) in [5, 5.41) is 8.53. The summed E-state index contributed by atoms with van der Waals surface area (Å²) >= 11 is 0. The number of carbonyl (C=O) groups is 1. The summed E-state index contributed by atoms with van der Waals surface area (Å²) in [6, 6.07) is 0. The van der Waals surface area contributed by atoms with Crippen LogP contribution in [0.3, 0.4) is 0 Å². The zero-order valence-electron chi connectivity index (χ0n) is 15.3. The van der Waals surface area contributed by atoms with Gasteiger partial charge in [0, 0.05) is 11.8 Å². The van der Waals surface area contributed by atoms with Gasteiger partial charge in [0.05, 0.1) is 0 Å². The molecule has 1 aliphatic rings. The molecule has 0 atom stereocenters. The van der Waals surface area contributed by atoms with Crippen LogP contribution in [-0.2, 0) is 4.79 Å². The minimum Gasteiger partial charge on any atom is -0.481 e. The Kier molecular flexibility index (Phi) is 10.9. The Morgan fingerprint density at radius 2 is 1.50 bits per heavy atom. The van der Waals surface area contributed by atoms with Gasteiger partial charge in [-0.25, -0.2) is 0 Å². The van der Waals surface area contributed by atoms with Crippen molar-refractivity contribution >= 4 is 5.97 Å². The van der Waals surface area contributed by atoms with Gasteiger partial charge < -0.3 is 5.11 Å². The number of carboxylic acid groups (broad SMARTS) is 1. The van der Waals surface area contributed by atoms with Crippen LogP contribution in [0.25, 0.3) is 0 Å². The molecule has 0 radical (unpaired) electrons. The van der Waals surface area contributed by atoms with Crippen LogP contribution >= 0.6 is 0 Å². The zero-order valence-corrected chi connectivity index (χ0v) is 15.3. The Morgan fingerprint density at radius 1 is 0.875 bits per heavy atom. The first-order valence-electron chi connectivity index (χ1n) is 9.56. The first-order valence-corrected chi connectivity index (χ1v) is 9.56. The fourth-order valence-electron chi connectivity index (χ4n) is 2.60. The van der Waals surface area contributed by atoms with Gasteiger partial charge in [0.1, 0.15) is 0 Å². The van der Waals surface area contributed by atoms with Crippen molar-refractivity contribution < 1.29 is 9.90 Å². The Balaban J connectivity index is 2.07. The number of unbranched alkanes of at least 4 members (excludes halogenated alkanes) is 4. The third-order valence-corrected chi connectivity index (χ3v) is 4.34. The van der Waals surface area contributed by atoms with Crippen LogP contribution in [0.15, 0.2) is 48.6 Å². The van der Waals surface area contributed by atoms with Gasteiger partial charge in [-0.15, -0.1) is 0 Å². The molecule has 1 rings (SSSR count). The maximum absolute atomic E-state index is 10.4. The standard InChI is InChI=1S/C22H34O2/c1-2-3-4-11-14-17-22(19-20-22)18-15-12-9-7-5-6-8-10-13-16-21(23)24/h6-9,14-15,17-18H,2-5,10-13,16,19-20H2,1H3,(H,23,24)/b8-6-,9-7-,17-14-,18-15-. The molecule has 1 saturated carbocycles. The summed E-state index contributed by atoms with van der Waals surface area (Å²) in [5.41, 5.74) is 0.379. The second-order valence-electron chi connectivity index (χ2n) is 6.73. The van der Waals surface area contributed by atoms with E-state index in [0.717, 1.165) is 25.7 Å². The molecular weight excluding hydrogens is 296 g/mol. The third-order valence-electron chi connectivity index (χ3n) is 4.34. The highest BCUT2D eigenvalue weighted by molar-refractivity contribution is 5.66. The summed E-state index contributed by atoms with van der Waals surface area (Å²) in [5.74, 6) is -0.709. The molecule has 1 N–H and O–H groups in total. The summed E-state index contributed by atoms with van der Waals surface area (Å²) in [6.45, 7) is 2.25. The molecule has 2 heteroatoms. The monoisotopic (exact) mass is 330 g/mol. The lowest BCUT2D eigenvalue weighted by Crippen LogP contribution is -1.92. The molecule has 0 aliphatic heterocycles. The van der Waals surface area contributed by atoms with Crippen LogP contribution in [0, 0.1) is 5.41 Å². The molecule has 0 spiro atoms. The molecule has 0 amide bonds. The van der Waals surface area contributed by atoms with E-state index in [0.29, 0.717) is 5.41 Å². The van der Waals surface area contributed by atoms with Gasteiger partial charge in [0.25, 0.3) is 0 Å². The van der Waals surface area contributed by atoms with Crippen molar-refractivity contribution in [1.82, 2.24) is 0 Å². The fraction of sp³-hybridized carbons (Fsp3) is 0.591. The topological polar surface area (TPSA) is 37.3 Å². The molecule has 0 heterocycles. The van der Waals surface area contributed by atoms with Gasteiger partial charge in [0.2, 0.25) is 0 Å². The average Bonchev–Trinajstić information content (AvgIpc) is 3.32. The van der Waals surface area contributed by atoms with Crippen LogP contribution < -0.4 is 0 Å². The molecule has 0 aromatic heterocycles. The lowest BCUT2D eigenvalue weighted by atomic mass is 10.0. The molecule has 0 unspecified atom stereocenters. The van der Waals surface area contributed by atoms with E-state index < -0.39 is 5.97 Å². The molecule has 1 fully saturated rings. The zero-order chi connectivity index (χ0) is 17.5. The molecule has 0 saturated heterocycles. The first-order chi connectivity index (χ1) is 11.7. The van der Waals surface area contributed by atoms with Gasteiger partial charge in [-0.1, -0.05) is 68.4 Å². The molecule has 134 valence electrons. The molecule has 24 heavy (non-hydrogen) atoms. The Morgan fingerprint density at radius 3 is 2.17 bits per heavy atom. The van der Waals surface area contributed by atoms with Crippen LogP contribution in [0.4, 0.5) is 0 Å². The Bertz CT molecular complexity index is 451. The third kappa shape index (κ3) is 11.0. The van der Waals surface area contributed by atoms with Crippen molar-refractivity contribution in [1.29, 1.82) is 0 Å². The maximum Gasteiger partial charge on any atom is 0.303 e. The SMILES string of the molecule is CCCCC/C=C\C1(/C=C\C/C=C\C/C=C\CCCC(=O)O)CC1. The maximum atomic E-state index is 10.4. The largest absolute Gasteiger partial charge is 0.481 e. The van der Waals surface area contributed by atoms with Gasteiger partial charge in [-0.3, -0.25) is 4.79 Å². The van der Waals surface area contributed by atoms with E-state index in [9.17, 15) is 4.79 Å².